The third kappa shape index (κ3) is 3.45. The fourth-order valence-electron chi connectivity index (χ4n) is 2.18. The molecule has 1 unspecified atom stereocenters. The van der Waals surface area contributed by atoms with Crippen LogP contribution in [0.2, 0.25) is 0 Å². The Hall–Kier alpha value is -0.610. The van der Waals surface area contributed by atoms with Crippen LogP contribution in [0.15, 0.2) is 5.38 Å². The molecule has 1 aromatic heterocycles. The predicted molar refractivity (Wildman–Crippen MR) is 79.4 cm³/mol. The molecule has 1 fully saturated rings. The summed E-state index contributed by atoms with van der Waals surface area (Å²) in [5, 5.41) is 6.85. The molecule has 1 heterocycles. The quantitative estimate of drug-likeness (QED) is 0.820. The van der Waals surface area contributed by atoms with Gasteiger partial charge < -0.3 is 10.2 Å². The molecule has 1 aliphatic carbocycles. The lowest BCUT2D eigenvalue weighted by molar-refractivity contribution is 0.580. The van der Waals surface area contributed by atoms with Crippen LogP contribution in [0.4, 0.5) is 5.13 Å². The van der Waals surface area contributed by atoms with E-state index in [4.69, 9.17) is 4.98 Å². The summed E-state index contributed by atoms with van der Waals surface area (Å²) in [7, 11) is 0. The first kappa shape index (κ1) is 13.8. The molecule has 1 atom stereocenters. The van der Waals surface area contributed by atoms with Gasteiger partial charge in [-0.05, 0) is 32.2 Å². The van der Waals surface area contributed by atoms with Crippen molar-refractivity contribution >= 4 is 16.5 Å². The van der Waals surface area contributed by atoms with Crippen LogP contribution in [-0.4, -0.2) is 24.1 Å². The van der Waals surface area contributed by atoms with Gasteiger partial charge in [0.25, 0.3) is 0 Å². The van der Waals surface area contributed by atoms with Crippen LogP contribution in [0.25, 0.3) is 0 Å². The van der Waals surface area contributed by atoms with Crippen molar-refractivity contribution in [3.63, 3.8) is 0 Å². The van der Waals surface area contributed by atoms with Crippen LogP contribution in [0.3, 0.4) is 0 Å². The third-order valence-corrected chi connectivity index (χ3v) is 4.15. The molecule has 0 amide bonds. The highest BCUT2D eigenvalue weighted by Gasteiger charge is 2.31. The molecular weight excluding hydrogens is 242 g/mol. The number of nitrogens with zero attached hydrogens (tertiary/aromatic N) is 2. The first-order chi connectivity index (χ1) is 8.61. The Morgan fingerprint density at radius 3 is 2.72 bits per heavy atom. The van der Waals surface area contributed by atoms with Crippen LogP contribution in [-0.2, 0) is 0 Å². The fraction of sp³-hybridized carbons (Fsp3) is 0.786. The third-order valence-electron chi connectivity index (χ3n) is 3.26. The lowest BCUT2D eigenvalue weighted by atomic mass is 10.2. The molecule has 1 saturated carbocycles. The van der Waals surface area contributed by atoms with Crippen molar-refractivity contribution in [3.05, 3.63) is 11.1 Å². The van der Waals surface area contributed by atoms with E-state index in [9.17, 15) is 0 Å². The molecule has 1 aromatic rings. The van der Waals surface area contributed by atoms with Crippen LogP contribution >= 0.6 is 11.3 Å². The largest absolute Gasteiger partial charge is 0.345 e. The Labute approximate surface area is 115 Å². The van der Waals surface area contributed by atoms with Crippen molar-refractivity contribution < 1.29 is 0 Å². The Balaban J connectivity index is 2.06. The smallest absolute Gasteiger partial charge is 0.185 e. The monoisotopic (exact) mass is 267 g/mol. The first-order valence-electron chi connectivity index (χ1n) is 7.07. The highest BCUT2D eigenvalue weighted by atomic mass is 32.1. The molecule has 4 heteroatoms. The van der Waals surface area contributed by atoms with Crippen molar-refractivity contribution in [2.45, 2.75) is 52.6 Å². The maximum absolute atomic E-state index is 4.83. The summed E-state index contributed by atoms with van der Waals surface area (Å²) in [6.07, 6.45) is 2.68. The lowest BCUT2D eigenvalue weighted by Crippen LogP contribution is -2.29. The maximum Gasteiger partial charge on any atom is 0.185 e. The Morgan fingerprint density at radius 2 is 2.17 bits per heavy atom. The van der Waals surface area contributed by atoms with Gasteiger partial charge in [-0.25, -0.2) is 4.98 Å². The van der Waals surface area contributed by atoms with Crippen molar-refractivity contribution in [2.75, 3.05) is 18.0 Å². The van der Waals surface area contributed by atoms with Crippen LogP contribution in [0.5, 0.6) is 0 Å². The topological polar surface area (TPSA) is 28.2 Å². The van der Waals surface area contributed by atoms with Gasteiger partial charge in [0.1, 0.15) is 0 Å². The van der Waals surface area contributed by atoms with Crippen LogP contribution in [0, 0.1) is 5.92 Å². The number of rotatable bonds is 7. The molecule has 2 rings (SSSR count). The zero-order valence-electron chi connectivity index (χ0n) is 11.9. The van der Waals surface area contributed by atoms with Crippen molar-refractivity contribution in [1.29, 1.82) is 0 Å². The van der Waals surface area contributed by atoms with E-state index in [1.165, 1.54) is 23.7 Å². The molecule has 0 spiro atoms. The Bertz CT molecular complexity index is 371. The highest BCUT2D eigenvalue weighted by Crippen LogP contribution is 2.34. The van der Waals surface area contributed by atoms with E-state index in [1.807, 2.05) is 0 Å². The molecule has 1 N–H and O–H groups in total. The molecule has 3 nitrogen and oxygen atoms in total. The van der Waals surface area contributed by atoms with E-state index < -0.39 is 0 Å². The number of aromatic nitrogens is 1. The molecule has 0 bridgehead atoms. The van der Waals surface area contributed by atoms with Crippen molar-refractivity contribution in [2.24, 2.45) is 5.92 Å². The zero-order valence-corrected chi connectivity index (χ0v) is 12.8. The number of hydrogen-bond donors (Lipinski definition) is 1. The van der Waals surface area contributed by atoms with Gasteiger partial charge in [-0.1, -0.05) is 20.8 Å². The van der Waals surface area contributed by atoms with Gasteiger partial charge in [0.15, 0.2) is 5.13 Å². The van der Waals surface area contributed by atoms with E-state index in [0.29, 0.717) is 12.0 Å². The summed E-state index contributed by atoms with van der Waals surface area (Å²) in [5.74, 6) is 0.698. The average Bonchev–Trinajstić information content (AvgIpc) is 3.03. The number of nitrogens with one attached hydrogen (secondary N) is 1. The maximum atomic E-state index is 4.83. The SMILES string of the molecule is CCNC(C)c1csc(N(CC(C)C)C2CC2)n1. The van der Waals surface area contributed by atoms with Crippen molar-refractivity contribution in [1.82, 2.24) is 10.3 Å². The fourth-order valence-corrected chi connectivity index (χ4v) is 3.18. The average molecular weight is 267 g/mol. The van der Waals surface area contributed by atoms with E-state index >= 15 is 0 Å². The first-order valence-corrected chi connectivity index (χ1v) is 7.95. The number of anilines is 1. The summed E-state index contributed by atoms with van der Waals surface area (Å²) in [6.45, 7) is 11.0. The van der Waals surface area contributed by atoms with Crippen molar-refractivity contribution in [3.8, 4) is 0 Å². The summed E-state index contributed by atoms with van der Waals surface area (Å²) in [4.78, 5) is 7.34. The van der Waals surface area contributed by atoms with Crippen LogP contribution < -0.4 is 10.2 Å². The predicted octanol–water partition coefficient (Wildman–Crippen LogP) is 3.44. The molecular formula is C14H25N3S. The zero-order chi connectivity index (χ0) is 13.1. The second kappa shape index (κ2) is 6.02. The summed E-state index contributed by atoms with van der Waals surface area (Å²) >= 11 is 1.80. The van der Waals surface area contributed by atoms with Gasteiger partial charge in [-0.2, -0.15) is 0 Å². The molecule has 0 aliphatic heterocycles. The molecule has 102 valence electrons. The molecule has 18 heavy (non-hydrogen) atoms. The van der Waals surface area contributed by atoms with E-state index in [1.54, 1.807) is 11.3 Å². The van der Waals surface area contributed by atoms with Gasteiger partial charge in [-0.3, -0.25) is 0 Å². The second-order valence-corrected chi connectivity index (χ2v) is 6.45. The molecule has 0 radical (unpaired) electrons. The summed E-state index contributed by atoms with van der Waals surface area (Å²) in [5.41, 5.74) is 1.19. The standard InChI is InChI=1S/C14H25N3S/c1-5-15-11(4)13-9-18-14(16-13)17(8-10(2)3)12-6-7-12/h9-12,15H,5-8H2,1-4H3. The Morgan fingerprint density at radius 1 is 1.44 bits per heavy atom. The van der Waals surface area contributed by atoms with Gasteiger partial charge in [0.2, 0.25) is 0 Å². The summed E-state index contributed by atoms with van der Waals surface area (Å²) < 4.78 is 0. The molecule has 0 saturated heterocycles. The lowest BCUT2D eigenvalue weighted by Gasteiger charge is -2.23. The van der Waals surface area contributed by atoms with E-state index in [-0.39, 0.29) is 0 Å². The van der Waals surface area contributed by atoms with Gasteiger partial charge in [0, 0.05) is 24.0 Å². The highest BCUT2D eigenvalue weighted by molar-refractivity contribution is 7.13. The normalized spacial score (nSPS) is 17.2. The number of hydrogen-bond acceptors (Lipinski definition) is 4. The number of thiazole rings is 1. The minimum atomic E-state index is 0.361. The molecule has 0 aromatic carbocycles. The van der Waals surface area contributed by atoms with Gasteiger partial charge in [0.05, 0.1) is 5.69 Å². The van der Waals surface area contributed by atoms with E-state index in [0.717, 1.165) is 19.1 Å². The minimum absolute atomic E-state index is 0.361. The van der Waals surface area contributed by atoms with Crippen LogP contribution in [0.1, 0.15) is 52.3 Å². The van der Waals surface area contributed by atoms with Gasteiger partial charge in [-0.15, -0.1) is 11.3 Å². The minimum Gasteiger partial charge on any atom is -0.345 e. The van der Waals surface area contributed by atoms with E-state index in [2.05, 4.69) is 43.3 Å². The van der Waals surface area contributed by atoms with Gasteiger partial charge >= 0.3 is 0 Å². The Kier molecular flexibility index (Phi) is 4.62. The second-order valence-electron chi connectivity index (χ2n) is 5.61. The summed E-state index contributed by atoms with van der Waals surface area (Å²) in [6, 6.07) is 1.11. The molecule has 1 aliphatic rings.